The van der Waals surface area contributed by atoms with Crippen molar-refractivity contribution in [3.63, 3.8) is 0 Å². The number of fused-ring (bicyclic) bond motifs is 1. The number of rotatable bonds is 5. The van der Waals surface area contributed by atoms with Crippen molar-refractivity contribution in [3.05, 3.63) is 52.6 Å². The van der Waals surface area contributed by atoms with Crippen molar-refractivity contribution in [2.24, 2.45) is 5.92 Å². The van der Waals surface area contributed by atoms with E-state index in [1.165, 1.54) is 19.1 Å². The smallest absolute Gasteiger partial charge is 0.341 e. The Balaban J connectivity index is 1.98. The zero-order valence-corrected chi connectivity index (χ0v) is 14.2. The molecule has 1 aromatic rings. The van der Waals surface area contributed by atoms with Crippen LogP contribution in [-0.2, 0) is 4.74 Å². The van der Waals surface area contributed by atoms with Crippen LogP contribution in [0.3, 0.4) is 0 Å². The molecule has 24 heavy (non-hydrogen) atoms. The van der Waals surface area contributed by atoms with Gasteiger partial charge in [0.2, 0.25) is 0 Å². The summed E-state index contributed by atoms with van der Waals surface area (Å²) in [5.74, 6) is 0.955. The number of benzene rings is 1. The van der Waals surface area contributed by atoms with E-state index in [0.29, 0.717) is 11.3 Å². The number of carbonyl (C=O) groups excluding carboxylic acids is 1. The van der Waals surface area contributed by atoms with E-state index in [9.17, 15) is 4.79 Å². The zero-order valence-electron chi connectivity index (χ0n) is 14.2. The predicted octanol–water partition coefficient (Wildman–Crippen LogP) is 3.45. The highest BCUT2D eigenvalue weighted by Crippen LogP contribution is 2.33. The van der Waals surface area contributed by atoms with Crippen molar-refractivity contribution in [1.29, 1.82) is 0 Å². The second kappa shape index (κ2) is 7.49. The van der Waals surface area contributed by atoms with E-state index in [1.54, 1.807) is 13.2 Å². The van der Waals surface area contributed by atoms with E-state index >= 15 is 0 Å². The minimum Gasteiger partial charge on any atom is -0.495 e. The number of esters is 1. The lowest BCUT2D eigenvalue weighted by Crippen LogP contribution is -2.41. The highest BCUT2D eigenvalue weighted by molar-refractivity contribution is 5.95. The molecule has 1 aliphatic carbocycles. The van der Waals surface area contributed by atoms with Crippen molar-refractivity contribution >= 4 is 18.1 Å². The number of hydrogen-bond donors (Lipinski definition) is 1. The van der Waals surface area contributed by atoms with E-state index in [0.717, 1.165) is 36.6 Å². The van der Waals surface area contributed by atoms with E-state index in [2.05, 4.69) is 23.5 Å². The second-order valence-corrected chi connectivity index (χ2v) is 6.14. The van der Waals surface area contributed by atoms with Crippen molar-refractivity contribution in [3.8, 4) is 5.75 Å². The van der Waals surface area contributed by atoms with Crippen LogP contribution in [0, 0.1) is 5.92 Å². The molecule has 4 nitrogen and oxygen atoms in total. The van der Waals surface area contributed by atoms with Gasteiger partial charge in [-0.1, -0.05) is 30.4 Å². The lowest BCUT2D eigenvalue weighted by molar-refractivity contribution is 0.0597. The van der Waals surface area contributed by atoms with Crippen molar-refractivity contribution in [1.82, 2.24) is 5.32 Å². The third-order valence-electron chi connectivity index (χ3n) is 4.57. The van der Waals surface area contributed by atoms with Gasteiger partial charge in [-0.2, -0.15) is 0 Å². The van der Waals surface area contributed by atoms with Gasteiger partial charge in [-0.3, -0.25) is 0 Å². The minimum absolute atomic E-state index is 0.383. The molecular weight excluding hydrogens is 302 g/mol. The van der Waals surface area contributed by atoms with Crippen LogP contribution < -0.4 is 10.1 Å². The Bertz CT molecular complexity index is 712. The Labute approximate surface area is 142 Å². The molecule has 0 unspecified atom stereocenters. The van der Waals surface area contributed by atoms with E-state index in [4.69, 9.17) is 9.47 Å². The molecule has 0 spiro atoms. The molecule has 1 aliphatic heterocycles. The first kappa shape index (κ1) is 16.5. The zero-order chi connectivity index (χ0) is 16.9. The molecule has 1 fully saturated rings. The van der Waals surface area contributed by atoms with Crippen LogP contribution in [0.2, 0.25) is 0 Å². The number of carbonyl (C=O) groups is 1. The summed E-state index contributed by atoms with van der Waals surface area (Å²) < 4.78 is 10.4. The molecule has 0 atom stereocenters. The molecule has 0 amide bonds. The maximum absolute atomic E-state index is 12.0. The Morgan fingerprint density at radius 1 is 1.21 bits per heavy atom. The molecule has 0 aromatic heterocycles. The van der Waals surface area contributed by atoms with Gasteiger partial charge in [0.1, 0.15) is 11.3 Å². The molecule has 0 radical (unpaired) electrons. The van der Waals surface area contributed by atoms with Crippen molar-refractivity contribution in [2.75, 3.05) is 27.3 Å². The van der Waals surface area contributed by atoms with Gasteiger partial charge in [-0.05, 0) is 55.1 Å². The van der Waals surface area contributed by atoms with Gasteiger partial charge in [-0.25, -0.2) is 4.79 Å². The number of ether oxygens (including phenoxy) is 2. The molecule has 2 aliphatic rings. The Morgan fingerprint density at radius 3 is 2.67 bits per heavy atom. The van der Waals surface area contributed by atoms with Gasteiger partial charge >= 0.3 is 5.97 Å². The van der Waals surface area contributed by atoms with Crippen LogP contribution in [0.25, 0.3) is 12.2 Å². The lowest BCUT2D eigenvalue weighted by atomic mass is 9.92. The van der Waals surface area contributed by atoms with E-state index in [1.807, 2.05) is 18.2 Å². The Kier molecular flexibility index (Phi) is 5.16. The Morgan fingerprint density at radius 2 is 2.00 bits per heavy atom. The first-order valence-corrected chi connectivity index (χ1v) is 8.28. The highest BCUT2D eigenvalue weighted by Gasteiger charge is 2.19. The molecule has 1 heterocycles. The summed E-state index contributed by atoms with van der Waals surface area (Å²) in [5, 5.41) is 3.31. The largest absolute Gasteiger partial charge is 0.495 e. The number of allylic oxidation sites excluding steroid dienone is 4. The third kappa shape index (κ3) is 3.44. The molecule has 4 heteroatoms. The number of methoxy groups -OCH3 is 2. The van der Waals surface area contributed by atoms with Crippen LogP contribution in [0.15, 0.2) is 35.9 Å². The summed E-state index contributed by atoms with van der Waals surface area (Å²) in [6.07, 6.45) is 12.6. The average Bonchev–Trinajstić information content (AvgIpc) is 2.53. The van der Waals surface area contributed by atoms with Gasteiger partial charge in [0, 0.05) is 5.56 Å². The summed E-state index contributed by atoms with van der Waals surface area (Å²) in [6, 6.07) is 3.69. The number of hydrogen-bond acceptors (Lipinski definition) is 4. The van der Waals surface area contributed by atoms with Gasteiger partial charge in [0.15, 0.2) is 0 Å². The molecule has 3 rings (SSSR count). The molecule has 1 aromatic carbocycles. The van der Waals surface area contributed by atoms with Gasteiger partial charge in [0.05, 0.1) is 14.2 Å². The van der Waals surface area contributed by atoms with Gasteiger partial charge in [-0.15, -0.1) is 0 Å². The normalized spacial score (nSPS) is 16.5. The molecule has 1 N–H and O–H groups in total. The summed E-state index contributed by atoms with van der Waals surface area (Å²) in [5.41, 5.74) is 3.66. The average molecular weight is 325 g/mol. The minimum atomic E-state index is -0.383. The van der Waals surface area contributed by atoms with Crippen molar-refractivity contribution in [2.45, 2.75) is 12.8 Å². The Hall–Kier alpha value is -2.33. The summed E-state index contributed by atoms with van der Waals surface area (Å²) in [7, 11) is 2.98. The molecule has 1 saturated heterocycles. The molecule has 0 saturated carbocycles. The maximum Gasteiger partial charge on any atom is 0.341 e. The molecule has 126 valence electrons. The summed E-state index contributed by atoms with van der Waals surface area (Å²) in [6.45, 7) is 2.23. The third-order valence-corrected chi connectivity index (χ3v) is 4.57. The van der Waals surface area contributed by atoms with Crippen LogP contribution >= 0.6 is 0 Å². The number of nitrogens with one attached hydrogen (secondary N) is 1. The maximum atomic E-state index is 12.0. The predicted molar refractivity (Wildman–Crippen MR) is 96.1 cm³/mol. The first-order valence-electron chi connectivity index (χ1n) is 8.28. The first-order chi connectivity index (χ1) is 11.7. The molecule has 0 bridgehead atoms. The fourth-order valence-electron chi connectivity index (χ4n) is 3.05. The van der Waals surface area contributed by atoms with Crippen LogP contribution in [0.1, 0.15) is 34.3 Å². The standard InChI is InChI=1S/C20H23NO3/c1-23-19-17(20(22)24-2)10-9-16-6-4-3-5-14(11-18(16)19)7-8-15-12-21-13-15/h3-6,9-11,15,21H,7-8,12-13H2,1-2H3. The van der Waals surface area contributed by atoms with Crippen LogP contribution in [0.4, 0.5) is 0 Å². The van der Waals surface area contributed by atoms with Crippen molar-refractivity contribution < 1.29 is 14.3 Å². The topological polar surface area (TPSA) is 47.6 Å². The van der Waals surface area contributed by atoms with Gasteiger partial charge in [0.25, 0.3) is 0 Å². The van der Waals surface area contributed by atoms with Crippen LogP contribution in [0.5, 0.6) is 5.75 Å². The van der Waals surface area contributed by atoms with E-state index in [-0.39, 0.29) is 5.97 Å². The summed E-state index contributed by atoms with van der Waals surface area (Å²) in [4.78, 5) is 12.0. The highest BCUT2D eigenvalue weighted by atomic mass is 16.5. The van der Waals surface area contributed by atoms with Gasteiger partial charge < -0.3 is 14.8 Å². The summed E-state index contributed by atoms with van der Waals surface area (Å²) >= 11 is 0. The fourth-order valence-corrected chi connectivity index (χ4v) is 3.05. The molecular formula is C20H23NO3. The monoisotopic (exact) mass is 325 g/mol. The lowest BCUT2D eigenvalue weighted by Gasteiger charge is -2.27. The van der Waals surface area contributed by atoms with Crippen LogP contribution in [-0.4, -0.2) is 33.3 Å². The quantitative estimate of drug-likeness (QED) is 0.843. The second-order valence-electron chi connectivity index (χ2n) is 6.14. The SMILES string of the molecule is COC(=O)c1ccc2c(c1OC)C=C(CCC1CNC1)C=CC=C2. The van der Waals surface area contributed by atoms with E-state index < -0.39 is 0 Å². The fraction of sp³-hybridized carbons (Fsp3) is 0.350.